The lowest BCUT2D eigenvalue weighted by Crippen LogP contribution is -2.20. The Morgan fingerprint density at radius 3 is 1.70 bits per heavy atom. The fraction of sp³-hybridized carbons (Fsp3) is 1.00. The Morgan fingerprint density at radius 2 is 1.20 bits per heavy atom. The zero-order valence-electron chi connectivity index (χ0n) is 6.60. The van der Waals surface area contributed by atoms with Crippen molar-refractivity contribution < 1.29 is 0 Å². The van der Waals surface area contributed by atoms with Gasteiger partial charge in [-0.3, -0.25) is 0 Å². The lowest BCUT2D eigenvalue weighted by molar-refractivity contribution is 0.453. The molecule has 0 aromatic carbocycles. The molecular formula is C8H19NS. The molecule has 1 rings (SSSR count). The smallest absolute Gasteiger partial charge is 0.00388 e. The maximum atomic E-state index is 5.80. The van der Waals surface area contributed by atoms with Gasteiger partial charge in [-0.25, -0.2) is 0 Å². The molecule has 10 heavy (non-hydrogen) atoms. The second-order valence-corrected chi connectivity index (χ2v) is 3.11. The molecule has 0 radical (unpaired) electrons. The minimum Gasteiger partial charge on any atom is -0.328 e. The predicted molar refractivity (Wildman–Crippen MR) is 50.7 cm³/mol. The predicted octanol–water partition coefficient (Wildman–Crippen LogP) is 2.17. The van der Waals surface area contributed by atoms with Crippen LogP contribution >= 0.6 is 13.5 Å². The lowest BCUT2D eigenvalue weighted by atomic mass is 9.98. The summed E-state index contributed by atoms with van der Waals surface area (Å²) in [6, 6.07) is 0.519. The van der Waals surface area contributed by atoms with Crippen LogP contribution < -0.4 is 5.73 Å². The molecule has 0 heterocycles. The second kappa shape index (κ2) is 6.05. The molecule has 1 aliphatic rings. The van der Waals surface area contributed by atoms with Gasteiger partial charge in [-0.05, 0) is 12.8 Å². The highest BCUT2D eigenvalue weighted by Gasteiger charge is 2.04. The van der Waals surface area contributed by atoms with Crippen LogP contribution in [0.2, 0.25) is 0 Å². The first-order chi connectivity index (χ1) is 4.39. The van der Waals surface area contributed by atoms with E-state index >= 15 is 0 Å². The first-order valence-electron chi connectivity index (χ1n) is 4.15. The third-order valence-electron chi connectivity index (χ3n) is 2.15. The van der Waals surface area contributed by atoms with Crippen LogP contribution in [-0.2, 0) is 0 Å². The second-order valence-electron chi connectivity index (χ2n) is 3.11. The molecule has 1 fully saturated rings. The molecule has 0 aromatic heterocycles. The molecule has 0 spiro atoms. The highest BCUT2D eigenvalue weighted by atomic mass is 32.1. The summed E-state index contributed by atoms with van der Waals surface area (Å²) in [6.07, 6.45) is 9.51. The molecule has 1 aliphatic carbocycles. The quantitative estimate of drug-likeness (QED) is 0.579. The number of hydrogen-bond acceptors (Lipinski definition) is 1. The number of nitrogens with two attached hydrogens (primary N) is 1. The van der Waals surface area contributed by atoms with Gasteiger partial charge in [0.2, 0.25) is 0 Å². The van der Waals surface area contributed by atoms with E-state index in [-0.39, 0.29) is 13.5 Å². The van der Waals surface area contributed by atoms with Gasteiger partial charge in [0.25, 0.3) is 0 Å². The minimum absolute atomic E-state index is 0. The van der Waals surface area contributed by atoms with E-state index in [1.807, 2.05) is 0 Å². The van der Waals surface area contributed by atoms with E-state index in [9.17, 15) is 0 Å². The number of hydrogen-bond donors (Lipinski definition) is 1. The Labute approximate surface area is 70.8 Å². The van der Waals surface area contributed by atoms with Gasteiger partial charge < -0.3 is 5.73 Å². The van der Waals surface area contributed by atoms with Gasteiger partial charge in [0, 0.05) is 6.04 Å². The topological polar surface area (TPSA) is 26.0 Å². The highest BCUT2D eigenvalue weighted by Crippen LogP contribution is 2.15. The normalized spacial score (nSPS) is 22.5. The monoisotopic (exact) mass is 161 g/mol. The molecule has 0 bridgehead atoms. The van der Waals surface area contributed by atoms with Crippen LogP contribution in [0, 0.1) is 0 Å². The van der Waals surface area contributed by atoms with Gasteiger partial charge in [-0.2, -0.15) is 13.5 Å². The zero-order chi connectivity index (χ0) is 6.53. The Morgan fingerprint density at radius 1 is 0.800 bits per heavy atom. The largest absolute Gasteiger partial charge is 0.328 e. The molecule has 0 amide bonds. The van der Waals surface area contributed by atoms with E-state index in [4.69, 9.17) is 5.73 Å². The first-order valence-corrected chi connectivity index (χ1v) is 4.15. The van der Waals surface area contributed by atoms with Crippen LogP contribution in [-0.4, -0.2) is 6.04 Å². The van der Waals surface area contributed by atoms with E-state index in [2.05, 4.69) is 0 Å². The molecule has 0 unspecified atom stereocenters. The fourth-order valence-electron chi connectivity index (χ4n) is 1.49. The summed E-state index contributed by atoms with van der Waals surface area (Å²) in [4.78, 5) is 0. The average molecular weight is 161 g/mol. The van der Waals surface area contributed by atoms with Gasteiger partial charge in [-0.1, -0.05) is 32.1 Å². The van der Waals surface area contributed by atoms with E-state index in [0.29, 0.717) is 6.04 Å². The van der Waals surface area contributed by atoms with Crippen molar-refractivity contribution in [1.29, 1.82) is 0 Å². The summed E-state index contributed by atoms with van der Waals surface area (Å²) in [5.41, 5.74) is 5.80. The summed E-state index contributed by atoms with van der Waals surface area (Å²) in [5.74, 6) is 0. The summed E-state index contributed by atoms with van der Waals surface area (Å²) in [6.45, 7) is 0. The van der Waals surface area contributed by atoms with Crippen LogP contribution in [0.25, 0.3) is 0 Å². The summed E-state index contributed by atoms with van der Waals surface area (Å²) < 4.78 is 0. The summed E-state index contributed by atoms with van der Waals surface area (Å²) in [5, 5.41) is 0. The third kappa shape index (κ3) is 4.18. The van der Waals surface area contributed by atoms with E-state index in [1.165, 1.54) is 44.9 Å². The molecule has 1 saturated carbocycles. The van der Waals surface area contributed by atoms with Crippen molar-refractivity contribution in [2.75, 3.05) is 0 Å². The van der Waals surface area contributed by atoms with Crippen LogP contribution in [0.15, 0.2) is 0 Å². The van der Waals surface area contributed by atoms with Crippen LogP contribution in [0.4, 0.5) is 0 Å². The van der Waals surface area contributed by atoms with Crippen molar-refractivity contribution in [3.05, 3.63) is 0 Å². The van der Waals surface area contributed by atoms with E-state index in [1.54, 1.807) is 0 Å². The summed E-state index contributed by atoms with van der Waals surface area (Å²) in [7, 11) is 0. The fourth-order valence-corrected chi connectivity index (χ4v) is 1.49. The van der Waals surface area contributed by atoms with Gasteiger partial charge in [0.1, 0.15) is 0 Å². The zero-order valence-corrected chi connectivity index (χ0v) is 7.60. The van der Waals surface area contributed by atoms with Crippen LogP contribution in [0.5, 0.6) is 0 Å². The Balaban J connectivity index is 0.000000810. The molecule has 1 nitrogen and oxygen atoms in total. The van der Waals surface area contributed by atoms with Crippen molar-refractivity contribution in [2.45, 2.75) is 51.0 Å². The van der Waals surface area contributed by atoms with Gasteiger partial charge >= 0.3 is 0 Å². The molecule has 2 N–H and O–H groups in total. The highest BCUT2D eigenvalue weighted by molar-refractivity contribution is 7.59. The Bertz CT molecular complexity index is 67.7. The molecule has 0 atom stereocenters. The van der Waals surface area contributed by atoms with Crippen LogP contribution in [0.1, 0.15) is 44.9 Å². The van der Waals surface area contributed by atoms with Crippen LogP contribution in [0.3, 0.4) is 0 Å². The minimum atomic E-state index is 0. The van der Waals surface area contributed by atoms with Gasteiger partial charge in [0.15, 0.2) is 0 Å². The SMILES string of the molecule is NC1CCCCCCC1.S. The molecule has 0 aliphatic heterocycles. The van der Waals surface area contributed by atoms with E-state index in [0.717, 1.165) is 0 Å². The van der Waals surface area contributed by atoms with Crippen molar-refractivity contribution >= 4 is 13.5 Å². The standard InChI is InChI=1S/C8H17N.H2S/c9-8-6-4-2-1-3-5-7-8;/h8H,1-7,9H2;1H2. The third-order valence-corrected chi connectivity index (χ3v) is 2.15. The van der Waals surface area contributed by atoms with Crippen molar-refractivity contribution in [1.82, 2.24) is 0 Å². The van der Waals surface area contributed by atoms with Gasteiger partial charge in [-0.15, -0.1) is 0 Å². The maximum Gasteiger partial charge on any atom is 0.00388 e. The Hall–Kier alpha value is 0.310. The van der Waals surface area contributed by atoms with E-state index < -0.39 is 0 Å². The number of rotatable bonds is 0. The summed E-state index contributed by atoms with van der Waals surface area (Å²) >= 11 is 0. The lowest BCUT2D eigenvalue weighted by Gasteiger charge is -2.13. The molecule has 0 aromatic rings. The maximum absolute atomic E-state index is 5.80. The first kappa shape index (κ1) is 10.3. The van der Waals surface area contributed by atoms with Crippen molar-refractivity contribution in [3.8, 4) is 0 Å². The molecule has 0 saturated heterocycles. The molecule has 62 valence electrons. The molecule has 2 heteroatoms. The molecular weight excluding hydrogens is 142 g/mol. The van der Waals surface area contributed by atoms with Crippen molar-refractivity contribution in [3.63, 3.8) is 0 Å². The van der Waals surface area contributed by atoms with Gasteiger partial charge in [0.05, 0.1) is 0 Å². The average Bonchev–Trinajstić information content (AvgIpc) is 1.79. The van der Waals surface area contributed by atoms with Crippen molar-refractivity contribution in [2.24, 2.45) is 5.73 Å². The Kier molecular flexibility index (Phi) is 6.24.